The number of nitro groups is 1. The molecule has 2 aromatic carbocycles. The van der Waals surface area contributed by atoms with Gasteiger partial charge in [0.15, 0.2) is 12.0 Å². The van der Waals surface area contributed by atoms with E-state index in [9.17, 15) is 10.1 Å². The van der Waals surface area contributed by atoms with E-state index in [4.69, 9.17) is 26.5 Å². The van der Waals surface area contributed by atoms with Crippen LogP contribution in [0.4, 0.5) is 11.4 Å². The van der Waals surface area contributed by atoms with Crippen LogP contribution in [0.3, 0.4) is 0 Å². The lowest BCUT2D eigenvalue weighted by molar-refractivity contribution is -0.383. The summed E-state index contributed by atoms with van der Waals surface area (Å²) >= 11 is 6.00. The predicted octanol–water partition coefficient (Wildman–Crippen LogP) is 3.76. The standard InChI is InChI=1S/C13H8ClN3O4/c14-12-10(4-3-9(13(12)15)17(18)19)21-7-1-2-8-11(5-7)20-6-16-8/h1-6H,15H2. The van der Waals surface area contributed by atoms with Crippen molar-refractivity contribution in [1.82, 2.24) is 4.98 Å². The van der Waals surface area contributed by atoms with Gasteiger partial charge in [-0.15, -0.1) is 0 Å². The molecule has 0 spiro atoms. The van der Waals surface area contributed by atoms with Gasteiger partial charge in [0.05, 0.1) is 4.92 Å². The van der Waals surface area contributed by atoms with Crippen molar-refractivity contribution in [1.29, 1.82) is 0 Å². The molecule has 0 aliphatic rings. The second-order valence-corrected chi connectivity index (χ2v) is 4.53. The molecule has 106 valence electrons. The maximum absolute atomic E-state index is 10.8. The lowest BCUT2D eigenvalue weighted by Crippen LogP contribution is -1.97. The molecule has 0 unspecified atom stereocenters. The maximum Gasteiger partial charge on any atom is 0.293 e. The van der Waals surface area contributed by atoms with Crippen molar-refractivity contribution >= 4 is 34.1 Å². The number of aromatic nitrogens is 1. The highest BCUT2D eigenvalue weighted by Gasteiger charge is 2.18. The number of halogens is 1. The van der Waals surface area contributed by atoms with Crippen molar-refractivity contribution in [2.75, 3.05) is 5.73 Å². The van der Waals surface area contributed by atoms with Crippen molar-refractivity contribution in [3.8, 4) is 11.5 Å². The van der Waals surface area contributed by atoms with Gasteiger partial charge in [-0.05, 0) is 18.2 Å². The average Bonchev–Trinajstić information content (AvgIpc) is 2.91. The minimum Gasteiger partial charge on any atom is -0.456 e. The number of hydrogen-bond donors (Lipinski definition) is 1. The van der Waals surface area contributed by atoms with Gasteiger partial charge in [0.1, 0.15) is 27.7 Å². The number of benzene rings is 2. The molecule has 3 aromatic rings. The van der Waals surface area contributed by atoms with Crippen LogP contribution in [0.1, 0.15) is 0 Å². The minimum atomic E-state index is -0.606. The van der Waals surface area contributed by atoms with E-state index in [2.05, 4.69) is 4.98 Å². The first-order valence-corrected chi connectivity index (χ1v) is 6.17. The van der Waals surface area contributed by atoms with Gasteiger partial charge < -0.3 is 14.9 Å². The lowest BCUT2D eigenvalue weighted by atomic mass is 10.2. The Morgan fingerprint density at radius 1 is 1.33 bits per heavy atom. The molecule has 0 fully saturated rings. The molecule has 21 heavy (non-hydrogen) atoms. The molecular formula is C13H8ClN3O4. The number of hydrogen-bond acceptors (Lipinski definition) is 6. The van der Waals surface area contributed by atoms with E-state index in [1.165, 1.54) is 18.5 Å². The molecule has 0 aliphatic carbocycles. The zero-order chi connectivity index (χ0) is 15.0. The van der Waals surface area contributed by atoms with Crippen LogP contribution in [-0.4, -0.2) is 9.91 Å². The van der Waals surface area contributed by atoms with E-state index in [1.807, 2.05) is 0 Å². The second-order valence-electron chi connectivity index (χ2n) is 4.15. The van der Waals surface area contributed by atoms with Crippen LogP contribution >= 0.6 is 11.6 Å². The van der Waals surface area contributed by atoms with Crippen LogP contribution in [0.25, 0.3) is 11.1 Å². The highest BCUT2D eigenvalue weighted by atomic mass is 35.5. The SMILES string of the molecule is Nc1c([N+](=O)[O-])ccc(Oc2ccc3ncoc3c2)c1Cl. The lowest BCUT2D eigenvalue weighted by Gasteiger charge is -2.09. The fourth-order valence-electron chi connectivity index (χ4n) is 1.83. The number of nitrogen functional groups attached to an aromatic ring is 1. The third-order valence-electron chi connectivity index (χ3n) is 2.85. The quantitative estimate of drug-likeness (QED) is 0.448. The molecule has 0 aliphatic heterocycles. The molecule has 8 heteroatoms. The number of fused-ring (bicyclic) bond motifs is 1. The molecule has 0 saturated heterocycles. The van der Waals surface area contributed by atoms with Crippen molar-refractivity contribution in [3.05, 3.63) is 51.9 Å². The molecule has 7 nitrogen and oxygen atoms in total. The number of rotatable bonds is 3. The topological polar surface area (TPSA) is 104 Å². The fraction of sp³-hybridized carbons (Fsp3) is 0. The van der Waals surface area contributed by atoms with Gasteiger partial charge in [-0.3, -0.25) is 10.1 Å². The first kappa shape index (κ1) is 13.2. The molecule has 3 rings (SSSR count). The highest BCUT2D eigenvalue weighted by Crippen LogP contribution is 2.39. The Morgan fingerprint density at radius 3 is 2.90 bits per heavy atom. The van der Waals surface area contributed by atoms with Crippen LogP contribution in [0.5, 0.6) is 11.5 Å². The third kappa shape index (κ3) is 2.34. The fourth-order valence-corrected chi connectivity index (χ4v) is 2.03. The van der Waals surface area contributed by atoms with Gasteiger partial charge in [-0.2, -0.15) is 0 Å². The average molecular weight is 306 g/mol. The van der Waals surface area contributed by atoms with Crippen LogP contribution in [0.2, 0.25) is 5.02 Å². The Balaban J connectivity index is 1.97. The van der Waals surface area contributed by atoms with Crippen molar-refractivity contribution in [2.45, 2.75) is 0 Å². The Bertz CT molecular complexity index is 847. The zero-order valence-corrected chi connectivity index (χ0v) is 11.2. The van der Waals surface area contributed by atoms with E-state index < -0.39 is 4.92 Å². The second kappa shape index (κ2) is 4.95. The summed E-state index contributed by atoms with van der Waals surface area (Å²) in [6.07, 6.45) is 1.32. The van der Waals surface area contributed by atoms with E-state index in [1.54, 1.807) is 18.2 Å². The first-order chi connectivity index (χ1) is 10.1. The minimum absolute atomic E-state index is 0.0122. The van der Waals surface area contributed by atoms with Gasteiger partial charge in [-0.25, -0.2) is 4.98 Å². The van der Waals surface area contributed by atoms with Crippen LogP contribution in [-0.2, 0) is 0 Å². The van der Waals surface area contributed by atoms with Gasteiger partial charge >= 0.3 is 0 Å². The summed E-state index contributed by atoms with van der Waals surface area (Å²) in [5.41, 5.74) is 6.47. The van der Waals surface area contributed by atoms with Crippen molar-refractivity contribution in [3.63, 3.8) is 0 Å². The van der Waals surface area contributed by atoms with Crippen molar-refractivity contribution in [2.24, 2.45) is 0 Å². The number of nitro benzene ring substituents is 1. The van der Waals surface area contributed by atoms with Crippen LogP contribution in [0.15, 0.2) is 41.1 Å². The van der Waals surface area contributed by atoms with Crippen LogP contribution < -0.4 is 10.5 Å². The van der Waals surface area contributed by atoms with Gasteiger partial charge in [0, 0.05) is 12.1 Å². The largest absolute Gasteiger partial charge is 0.456 e. The number of oxazole rings is 1. The van der Waals surface area contributed by atoms with E-state index in [-0.39, 0.29) is 22.1 Å². The molecular weight excluding hydrogens is 298 g/mol. The Kier molecular flexibility index (Phi) is 3.11. The first-order valence-electron chi connectivity index (χ1n) is 5.80. The molecule has 0 amide bonds. The zero-order valence-electron chi connectivity index (χ0n) is 10.4. The highest BCUT2D eigenvalue weighted by molar-refractivity contribution is 6.35. The van der Waals surface area contributed by atoms with Gasteiger partial charge in [-0.1, -0.05) is 11.6 Å². The molecule has 0 radical (unpaired) electrons. The van der Waals surface area contributed by atoms with Crippen LogP contribution in [0, 0.1) is 10.1 Å². The molecule has 0 saturated carbocycles. The number of ether oxygens (including phenoxy) is 1. The Hall–Kier alpha value is -2.80. The van der Waals surface area contributed by atoms with E-state index in [0.29, 0.717) is 16.8 Å². The third-order valence-corrected chi connectivity index (χ3v) is 3.24. The Labute approximate surface area is 123 Å². The van der Waals surface area contributed by atoms with Gasteiger partial charge in [0.25, 0.3) is 5.69 Å². The molecule has 2 N–H and O–H groups in total. The summed E-state index contributed by atoms with van der Waals surface area (Å²) in [5.74, 6) is 0.674. The summed E-state index contributed by atoms with van der Waals surface area (Å²) < 4.78 is 10.7. The van der Waals surface area contributed by atoms with Crippen molar-refractivity contribution < 1.29 is 14.1 Å². The molecule has 0 atom stereocenters. The summed E-state index contributed by atoms with van der Waals surface area (Å²) in [4.78, 5) is 14.1. The summed E-state index contributed by atoms with van der Waals surface area (Å²) in [6, 6.07) is 7.66. The molecule has 1 heterocycles. The van der Waals surface area contributed by atoms with E-state index in [0.717, 1.165) is 0 Å². The molecule has 0 bridgehead atoms. The monoisotopic (exact) mass is 305 g/mol. The summed E-state index contributed by atoms with van der Waals surface area (Å²) in [7, 11) is 0. The number of nitrogens with zero attached hydrogens (tertiary/aromatic N) is 2. The summed E-state index contributed by atoms with van der Waals surface area (Å²) in [5, 5.41) is 10.8. The number of anilines is 1. The maximum atomic E-state index is 10.8. The number of nitrogens with two attached hydrogens (primary N) is 1. The van der Waals surface area contributed by atoms with Gasteiger partial charge in [0.2, 0.25) is 0 Å². The molecule has 1 aromatic heterocycles. The summed E-state index contributed by atoms with van der Waals surface area (Å²) in [6.45, 7) is 0. The Morgan fingerprint density at radius 2 is 2.14 bits per heavy atom. The normalized spacial score (nSPS) is 10.7. The van der Waals surface area contributed by atoms with E-state index >= 15 is 0 Å². The predicted molar refractivity (Wildman–Crippen MR) is 76.6 cm³/mol. The smallest absolute Gasteiger partial charge is 0.293 e.